The van der Waals surface area contributed by atoms with Gasteiger partial charge in [-0.25, -0.2) is 0 Å². The van der Waals surface area contributed by atoms with Crippen molar-refractivity contribution in [3.8, 4) is 11.5 Å². The van der Waals surface area contributed by atoms with Crippen LogP contribution in [-0.4, -0.2) is 62.7 Å². The predicted molar refractivity (Wildman–Crippen MR) is 91.8 cm³/mol. The molecule has 0 bridgehead atoms. The van der Waals surface area contributed by atoms with Gasteiger partial charge in [0.05, 0.1) is 14.2 Å². The monoisotopic (exact) mass is 316 g/mol. The number of benzene rings is 1. The maximum Gasteiger partial charge on any atom is 0.246 e. The van der Waals surface area contributed by atoms with Crippen LogP contribution in [0.4, 0.5) is 0 Å². The third kappa shape index (κ3) is 4.86. The molecule has 1 amide bonds. The average Bonchev–Trinajstić information content (AvgIpc) is 2.60. The number of methoxy groups -OCH3 is 2. The van der Waals surface area contributed by atoms with Crippen LogP contribution in [0.15, 0.2) is 36.9 Å². The van der Waals surface area contributed by atoms with Crippen molar-refractivity contribution < 1.29 is 14.3 Å². The van der Waals surface area contributed by atoms with Crippen LogP contribution in [0.25, 0.3) is 6.08 Å². The van der Waals surface area contributed by atoms with Crippen LogP contribution in [0.2, 0.25) is 0 Å². The van der Waals surface area contributed by atoms with E-state index in [1.54, 1.807) is 32.4 Å². The third-order valence-corrected chi connectivity index (χ3v) is 3.86. The van der Waals surface area contributed by atoms with Gasteiger partial charge >= 0.3 is 0 Å². The number of hydrogen-bond donors (Lipinski definition) is 0. The highest BCUT2D eigenvalue weighted by Gasteiger charge is 2.18. The molecule has 23 heavy (non-hydrogen) atoms. The van der Waals surface area contributed by atoms with E-state index in [-0.39, 0.29) is 5.91 Å². The molecule has 1 aromatic carbocycles. The first-order valence-corrected chi connectivity index (χ1v) is 7.69. The summed E-state index contributed by atoms with van der Waals surface area (Å²) in [7, 11) is 3.21. The van der Waals surface area contributed by atoms with Crippen LogP contribution in [0.1, 0.15) is 5.56 Å². The molecule has 1 fully saturated rings. The first-order valence-electron chi connectivity index (χ1n) is 7.69. The molecule has 0 N–H and O–H groups in total. The summed E-state index contributed by atoms with van der Waals surface area (Å²) in [6, 6.07) is 5.54. The molecule has 0 spiro atoms. The van der Waals surface area contributed by atoms with Gasteiger partial charge in [0.15, 0.2) is 0 Å². The maximum absolute atomic E-state index is 12.3. The lowest BCUT2D eigenvalue weighted by atomic mass is 10.2. The molecule has 5 heteroatoms. The minimum atomic E-state index is 0.0324. The Balaban J connectivity index is 1.97. The van der Waals surface area contributed by atoms with Crippen LogP contribution in [0.3, 0.4) is 0 Å². The molecule has 1 aliphatic heterocycles. The number of piperazine rings is 1. The van der Waals surface area contributed by atoms with E-state index in [4.69, 9.17) is 9.47 Å². The Morgan fingerprint density at radius 1 is 1.13 bits per heavy atom. The number of carbonyl (C=O) groups excluding carboxylic acids is 1. The van der Waals surface area contributed by atoms with E-state index in [1.807, 2.05) is 23.1 Å². The number of hydrogen-bond acceptors (Lipinski definition) is 4. The van der Waals surface area contributed by atoms with Crippen molar-refractivity contribution in [3.63, 3.8) is 0 Å². The largest absolute Gasteiger partial charge is 0.497 e. The molecule has 0 unspecified atom stereocenters. The van der Waals surface area contributed by atoms with Gasteiger partial charge < -0.3 is 14.4 Å². The molecule has 0 aliphatic carbocycles. The summed E-state index contributed by atoms with van der Waals surface area (Å²) in [5, 5.41) is 0. The van der Waals surface area contributed by atoms with Crippen molar-refractivity contribution in [2.75, 3.05) is 46.9 Å². The number of rotatable bonds is 6. The smallest absolute Gasteiger partial charge is 0.246 e. The first-order chi connectivity index (χ1) is 11.2. The van der Waals surface area contributed by atoms with E-state index in [0.717, 1.165) is 38.3 Å². The molecule has 5 nitrogen and oxygen atoms in total. The van der Waals surface area contributed by atoms with Gasteiger partial charge in [0, 0.05) is 44.9 Å². The second-order valence-corrected chi connectivity index (χ2v) is 5.39. The van der Waals surface area contributed by atoms with Crippen LogP contribution < -0.4 is 9.47 Å². The normalized spacial score (nSPS) is 15.7. The van der Waals surface area contributed by atoms with Gasteiger partial charge in [-0.1, -0.05) is 6.08 Å². The Morgan fingerprint density at radius 3 is 2.26 bits per heavy atom. The van der Waals surface area contributed by atoms with Gasteiger partial charge in [-0.05, 0) is 23.8 Å². The van der Waals surface area contributed by atoms with Crippen molar-refractivity contribution in [2.24, 2.45) is 0 Å². The van der Waals surface area contributed by atoms with Crippen molar-refractivity contribution in [1.82, 2.24) is 9.80 Å². The fraction of sp³-hybridized carbons (Fsp3) is 0.389. The maximum atomic E-state index is 12.3. The van der Waals surface area contributed by atoms with Crippen molar-refractivity contribution in [3.05, 3.63) is 42.5 Å². The van der Waals surface area contributed by atoms with Crippen molar-refractivity contribution in [1.29, 1.82) is 0 Å². The lowest BCUT2D eigenvalue weighted by Gasteiger charge is -2.33. The van der Waals surface area contributed by atoms with Crippen LogP contribution >= 0.6 is 0 Å². The highest BCUT2D eigenvalue weighted by Crippen LogP contribution is 2.23. The standard InChI is InChI=1S/C18H24N2O3/c1-4-7-19-8-10-20(11-9-19)18(21)6-5-15-12-16(22-2)14-17(13-15)23-3/h4-6,12-14H,1,7-11H2,2-3H3. The molecule has 0 saturated carbocycles. The molecular formula is C18H24N2O3. The number of carbonyl (C=O) groups is 1. The lowest BCUT2D eigenvalue weighted by Crippen LogP contribution is -2.48. The zero-order valence-electron chi connectivity index (χ0n) is 13.8. The average molecular weight is 316 g/mol. The number of amides is 1. The van der Waals surface area contributed by atoms with Gasteiger partial charge in [-0.3, -0.25) is 9.69 Å². The highest BCUT2D eigenvalue weighted by atomic mass is 16.5. The summed E-state index contributed by atoms with van der Waals surface area (Å²) in [6.45, 7) is 7.89. The number of nitrogens with zero attached hydrogens (tertiary/aromatic N) is 2. The molecule has 2 rings (SSSR count). The first kappa shape index (κ1) is 17.1. The highest BCUT2D eigenvalue weighted by molar-refractivity contribution is 5.92. The topological polar surface area (TPSA) is 42.0 Å². The van der Waals surface area contributed by atoms with Crippen molar-refractivity contribution >= 4 is 12.0 Å². The van der Waals surface area contributed by atoms with E-state index in [2.05, 4.69) is 11.5 Å². The second kappa shape index (κ2) is 8.39. The van der Waals surface area contributed by atoms with E-state index in [0.29, 0.717) is 11.5 Å². The summed E-state index contributed by atoms with van der Waals surface area (Å²) in [4.78, 5) is 16.4. The molecule has 0 atom stereocenters. The van der Waals surface area contributed by atoms with Crippen LogP contribution in [0.5, 0.6) is 11.5 Å². The quantitative estimate of drug-likeness (QED) is 0.595. The molecule has 0 radical (unpaired) electrons. The van der Waals surface area contributed by atoms with Gasteiger partial charge in [0.1, 0.15) is 11.5 Å². The van der Waals surface area contributed by atoms with Crippen molar-refractivity contribution in [2.45, 2.75) is 0 Å². The molecule has 124 valence electrons. The zero-order chi connectivity index (χ0) is 16.7. The Labute approximate surface area is 137 Å². The Morgan fingerprint density at radius 2 is 1.74 bits per heavy atom. The van der Waals surface area contributed by atoms with Crippen LogP contribution in [-0.2, 0) is 4.79 Å². The van der Waals surface area contributed by atoms with Gasteiger partial charge in [0.2, 0.25) is 5.91 Å². The molecule has 1 aromatic rings. The number of ether oxygens (including phenoxy) is 2. The van der Waals surface area contributed by atoms with Gasteiger partial charge in [-0.2, -0.15) is 0 Å². The van der Waals surface area contributed by atoms with E-state index in [9.17, 15) is 4.79 Å². The summed E-state index contributed by atoms with van der Waals surface area (Å²) >= 11 is 0. The molecule has 1 saturated heterocycles. The summed E-state index contributed by atoms with van der Waals surface area (Å²) in [5.74, 6) is 1.44. The van der Waals surface area contributed by atoms with E-state index >= 15 is 0 Å². The summed E-state index contributed by atoms with van der Waals surface area (Å²) in [5.41, 5.74) is 0.875. The second-order valence-electron chi connectivity index (χ2n) is 5.39. The predicted octanol–water partition coefficient (Wildman–Crippen LogP) is 2.05. The Kier molecular flexibility index (Phi) is 6.23. The van der Waals surface area contributed by atoms with E-state index < -0.39 is 0 Å². The molecule has 1 heterocycles. The third-order valence-electron chi connectivity index (χ3n) is 3.86. The minimum absolute atomic E-state index is 0.0324. The van der Waals surface area contributed by atoms with Gasteiger partial charge in [0.25, 0.3) is 0 Å². The van der Waals surface area contributed by atoms with E-state index in [1.165, 1.54) is 0 Å². The van der Waals surface area contributed by atoms with Gasteiger partial charge in [-0.15, -0.1) is 6.58 Å². The summed E-state index contributed by atoms with van der Waals surface area (Å²) < 4.78 is 10.5. The fourth-order valence-corrected chi connectivity index (χ4v) is 2.53. The summed E-state index contributed by atoms with van der Waals surface area (Å²) in [6.07, 6.45) is 5.30. The lowest BCUT2D eigenvalue weighted by molar-refractivity contribution is -0.127. The zero-order valence-corrected chi connectivity index (χ0v) is 13.8. The SMILES string of the molecule is C=CCN1CCN(C(=O)C=Cc2cc(OC)cc(OC)c2)CC1. The molecule has 0 aromatic heterocycles. The molecular weight excluding hydrogens is 292 g/mol. The fourth-order valence-electron chi connectivity index (χ4n) is 2.53. The minimum Gasteiger partial charge on any atom is -0.497 e. The Hall–Kier alpha value is -2.27. The molecule has 1 aliphatic rings. The Bertz CT molecular complexity index is 553. The van der Waals surface area contributed by atoms with Crippen LogP contribution in [0, 0.1) is 0 Å².